The molecule has 2 aromatic carbocycles. The maximum absolute atomic E-state index is 10.5. The van der Waals surface area contributed by atoms with Gasteiger partial charge in [-0.05, 0) is 36.4 Å². The Bertz CT molecular complexity index is 822. The standard InChI is InChI=1S/C13H12N4O5S.Na/c18-17(19)13-7-5-12(6-8-13)16-15-11-3-1-10(2-4-11)14-9-23(20,21)22;/h1-8,14H,9H2,(H,20,21,22);/q;+1/p-1. The fourth-order valence-electron chi connectivity index (χ4n) is 1.57. The summed E-state index contributed by atoms with van der Waals surface area (Å²) in [5.41, 5.74) is 1.38. The first-order valence-corrected chi connectivity index (χ1v) is 7.85. The number of nitro groups is 1. The van der Waals surface area contributed by atoms with Gasteiger partial charge in [-0.1, -0.05) is 0 Å². The molecule has 0 spiro atoms. The quantitative estimate of drug-likeness (QED) is 0.252. The van der Waals surface area contributed by atoms with Gasteiger partial charge in [0.1, 0.15) is 16.0 Å². The Kier molecular flexibility index (Phi) is 7.45. The van der Waals surface area contributed by atoms with E-state index in [1.807, 2.05) is 0 Å². The number of non-ortho nitro benzene ring substituents is 1. The van der Waals surface area contributed by atoms with E-state index in [1.165, 1.54) is 24.3 Å². The number of hydrogen-bond acceptors (Lipinski definition) is 8. The van der Waals surface area contributed by atoms with Crippen molar-refractivity contribution < 1.29 is 47.5 Å². The summed E-state index contributed by atoms with van der Waals surface area (Å²) in [6.07, 6.45) is 0. The minimum atomic E-state index is -4.34. The molecule has 11 heteroatoms. The van der Waals surface area contributed by atoms with Crippen molar-refractivity contribution in [1.82, 2.24) is 0 Å². The van der Waals surface area contributed by atoms with Gasteiger partial charge in [-0.2, -0.15) is 10.2 Å². The molecule has 0 amide bonds. The van der Waals surface area contributed by atoms with Crippen molar-refractivity contribution in [3.63, 3.8) is 0 Å². The molecular weight excluding hydrogens is 347 g/mol. The third-order valence-corrected chi connectivity index (χ3v) is 3.16. The van der Waals surface area contributed by atoms with E-state index in [9.17, 15) is 23.1 Å². The van der Waals surface area contributed by atoms with Gasteiger partial charge < -0.3 is 9.87 Å². The van der Waals surface area contributed by atoms with Crippen molar-refractivity contribution in [2.45, 2.75) is 0 Å². The molecule has 2 rings (SSSR count). The van der Waals surface area contributed by atoms with E-state index >= 15 is 0 Å². The third-order valence-electron chi connectivity index (χ3n) is 2.66. The number of rotatable bonds is 6. The number of anilines is 1. The van der Waals surface area contributed by atoms with Crippen molar-refractivity contribution in [1.29, 1.82) is 0 Å². The molecule has 0 aromatic heterocycles. The molecule has 0 heterocycles. The Hall–Kier alpha value is -1.85. The second kappa shape index (κ2) is 8.85. The van der Waals surface area contributed by atoms with Crippen LogP contribution >= 0.6 is 0 Å². The van der Waals surface area contributed by atoms with E-state index in [4.69, 9.17) is 0 Å². The van der Waals surface area contributed by atoms with Crippen LogP contribution in [0.15, 0.2) is 58.8 Å². The molecule has 120 valence electrons. The normalized spacial score (nSPS) is 11.0. The molecule has 0 unspecified atom stereocenters. The zero-order valence-corrected chi connectivity index (χ0v) is 15.4. The summed E-state index contributed by atoms with van der Waals surface area (Å²) in [6.45, 7) is 0. The molecule has 0 saturated heterocycles. The van der Waals surface area contributed by atoms with E-state index < -0.39 is 20.9 Å². The molecule has 0 aliphatic heterocycles. The summed E-state index contributed by atoms with van der Waals surface area (Å²) < 4.78 is 31.5. The van der Waals surface area contributed by atoms with Crippen LogP contribution in [0.2, 0.25) is 0 Å². The zero-order valence-electron chi connectivity index (χ0n) is 12.6. The summed E-state index contributed by atoms with van der Waals surface area (Å²) in [7, 11) is -4.34. The predicted molar refractivity (Wildman–Crippen MR) is 81.9 cm³/mol. The van der Waals surface area contributed by atoms with Gasteiger partial charge in [-0.15, -0.1) is 0 Å². The Morgan fingerprint density at radius 1 is 0.958 bits per heavy atom. The molecule has 0 fully saturated rings. The number of benzene rings is 2. The maximum atomic E-state index is 10.5. The minimum absolute atomic E-state index is 0. The van der Waals surface area contributed by atoms with Crippen molar-refractivity contribution in [2.24, 2.45) is 10.2 Å². The van der Waals surface area contributed by atoms with Crippen LogP contribution in [0.3, 0.4) is 0 Å². The molecule has 0 bridgehead atoms. The first-order chi connectivity index (χ1) is 10.8. The van der Waals surface area contributed by atoms with Crippen molar-refractivity contribution in [2.75, 3.05) is 11.2 Å². The average Bonchev–Trinajstić information content (AvgIpc) is 2.51. The van der Waals surface area contributed by atoms with E-state index in [0.717, 1.165) is 0 Å². The van der Waals surface area contributed by atoms with E-state index in [2.05, 4.69) is 15.5 Å². The van der Waals surface area contributed by atoms with Crippen LogP contribution in [0, 0.1) is 10.1 Å². The van der Waals surface area contributed by atoms with Crippen LogP contribution in [-0.2, 0) is 10.1 Å². The molecule has 0 atom stereocenters. The molecule has 2 aromatic rings. The van der Waals surface area contributed by atoms with Crippen LogP contribution in [0.25, 0.3) is 0 Å². The van der Waals surface area contributed by atoms with Crippen LogP contribution in [0.1, 0.15) is 0 Å². The van der Waals surface area contributed by atoms with Gasteiger partial charge >= 0.3 is 29.6 Å². The minimum Gasteiger partial charge on any atom is -0.747 e. The second-order valence-electron chi connectivity index (χ2n) is 4.40. The number of hydrogen-bond donors (Lipinski definition) is 1. The van der Waals surface area contributed by atoms with Crippen molar-refractivity contribution in [3.05, 3.63) is 58.6 Å². The van der Waals surface area contributed by atoms with Crippen molar-refractivity contribution >= 4 is 32.9 Å². The Morgan fingerprint density at radius 2 is 1.42 bits per heavy atom. The Balaban J connectivity index is 0.00000288. The van der Waals surface area contributed by atoms with Gasteiger partial charge in [-0.25, -0.2) is 8.42 Å². The van der Waals surface area contributed by atoms with Gasteiger partial charge in [0.2, 0.25) is 0 Å². The van der Waals surface area contributed by atoms with Gasteiger partial charge in [0.15, 0.2) is 0 Å². The second-order valence-corrected chi connectivity index (χ2v) is 5.80. The van der Waals surface area contributed by atoms with Gasteiger partial charge in [0.25, 0.3) is 5.69 Å². The van der Waals surface area contributed by atoms with E-state index in [0.29, 0.717) is 17.1 Å². The monoisotopic (exact) mass is 358 g/mol. The Labute approximate surface area is 160 Å². The summed E-state index contributed by atoms with van der Waals surface area (Å²) in [6, 6.07) is 11.8. The average molecular weight is 358 g/mol. The molecule has 9 nitrogen and oxygen atoms in total. The number of nitro benzene ring substituents is 1. The van der Waals surface area contributed by atoms with Crippen LogP contribution < -0.4 is 34.9 Å². The fraction of sp³-hybridized carbons (Fsp3) is 0.0769. The van der Waals surface area contributed by atoms with Gasteiger partial charge in [0.05, 0.1) is 16.3 Å². The number of nitrogens with zero attached hydrogens (tertiary/aromatic N) is 3. The molecule has 0 radical (unpaired) electrons. The topological polar surface area (TPSA) is 137 Å². The molecular formula is C13H11N4NaO5S. The molecule has 1 N–H and O–H groups in total. The molecule has 24 heavy (non-hydrogen) atoms. The first-order valence-electron chi connectivity index (χ1n) is 6.27. The number of nitrogens with one attached hydrogen (secondary N) is 1. The smallest absolute Gasteiger partial charge is 0.747 e. The SMILES string of the molecule is O=[N+]([O-])c1ccc(N=Nc2ccc(NCS(=O)(=O)[O-])cc2)cc1.[Na+]. The maximum Gasteiger partial charge on any atom is 1.00 e. The summed E-state index contributed by atoms with van der Waals surface area (Å²) in [4.78, 5) is 10.0. The van der Waals surface area contributed by atoms with Crippen LogP contribution in [0.4, 0.5) is 22.7 Å². The summed E-state index contributed by atoms with van der Waals surface area (Å²) in [5, 5.41) is 20.9. The van der Waals surface area contributed by atoms with E-state index in [-0.39, 0.29) is 35.2 Å². The summed E-state index contributed by atoms with van der Waals surface area (Å²) >= 11 is 0. The molecule has 0 aliphatic rings. The first kappa shape index (κ1) is 20.2. The molecule has 0 saturated carbocycles. The summed E-state index contributed by atoms with van der Waals surface area (Å²) in [5.74, 6) is -0.698. The van der Waals surface area contributed by atoms with Crippen LogP contribution in [0.5, 0.6) is 0 Å². The molecule has 0 aliphatic carbocycles. The van der Waals surface area contributed by atoms with Gasteiger partial charge in [-0.3, -0.25) is 10.1 Å². The van der Waals surface area contributed by atoms with Crippen molar-refractivity contribution in [3.8, 4) is 0 Å². The Morgan fingerprint density at radius 3 is 1.83 bits per heavy atom. The van der Waals surface area contributed by atoms with Gasteiger partial charge in [0, 0.05) is 17.8 Å². The third kappa shape index (κ3) is 6.72. The zero-order chi connectivity index (χ0) is 16.9. The predicted octanol–water partition coefficient (Wildman–Crippen LogP) is -0.0712. The largest absolute Gasteiger partial charge is 1.00 e. The van der Waals surface area contributed by atoms with E-state index in [1.54, 1.807) is 24.3 Å². The fourth-order valence-corrected chi connectivity index (χ4v) is 1.92. The number of azo groups is 1. The van der Waals surface area contributed by atoms with Crippen LogP contribution in [-0.4, -0.2) is 23.8 Å².